The van der Waals surface area contributed by atoms with Crippen LogP contribution in [0.3, 0.4) is 0 Å². The lowest BCUT2D eigenvalue weighted by Gasteiger charge is -2.14. The monoisotopic (exact) mass is 254 g/mol. The highest BCUT2D eigenvalue weighted by Crippen LogP contribution is 2.21. The Morgan fingerprint density at radius 1 is 1.50 bits per heavy atom. The first-order chi connectivity index (χ1) is 7.79. The summed E-state index contributed by atoms with van der Waals surface area (Å²) in [4.78, 5) is 15.1. The molecule has 1 unspecified atom stereocenters. The van der Waals surface area contributed by atoms with E-state index in [1.165, 1.54) is 16.2 Å². The van der Waals surface area contributed by atoms with Crippen molar-refractivity contribution in [3.63, 3.8) is 0 Å². The lowest BCUT2D eigenvalue weighted by molar-refractivity contribution is 0.522. The van der Waals surface area contributed by atoms with Gasteiger partial charge >= 0.3 is 4.87 Å². The van der Waals surface area contributed by atoms with Crippen LogP contribution in [-0.4, -0.2) is 4.98 Å². The minimum Gasteiger partial charge on any atom is -0.315 e. The van der Waals surface area contributed by atoms with E-state index >= 15 is 0 Å². The number of thiophene rings is 1. The summed E-state index contributed by atoms with van der Waals surface area (Å²) in [6.07, 6.45) is 1.05. The third-order valence-corrected chi connectivity index (χ3v) is 4.11. The van der Waals surface area contributed by atoms with Crippen LogP contribution in [0, 0.1) is 0 Å². The van der Waals surface area contributed by atoms with E-state index < -0.39 is 0 Å². The van der Waals surface area contributed by atoms with E-state index in [0.29, 0.717) is 6.04 Å². The summed E-state index contributed by atoms with van der Waals surface area (Å²) in [6, 6.07) is 4.59. The van der Waals surface area contributed by atoms with Gasteiger partial charge in [0, 0.05) is 28.5 Å². The molecule has 3 nitrogen and oxygen atoms in total. The molecule has 0 aromatic carbocycles. The molecule has 0 amide bonds. The first kappa shape index (κ1) is 11.6. The molecule has 0 aliphatic rings. The van der Waals surface area contributed by atoms with Crippen molar-refractivity contribution in [3.05, 3.63) is 43.1 Å². The summed E-state index contributed by atoms with van der Waals surface area (Å²) in [6.45, 7) is 2.88. The van der Waals surface area contributed by atoms with Crippen molar-refractivity contribution in [2.45, 2.75) is 25.9 Å². The second-order valence-corrected chi connectivity index (χ2v) is 5.35. The second-order valence-electron chi connectivity index (χ2n) is 3.53. The van der Waals surface area contributed by atoms with Crippen molar-refractivity contribution in [1.82, 2.24) is 10.3 Å². The Bertz CT molecular complexity index is 472. The summed E-state index contributed by atoms with van der Waals surface area (Å²) in [5, 5.41) is 7.41. The van der Waals surface area contributed by atoms with Gasteiger partial charge in [0.15, 0.2) is 0 Å². The fourth-order valence-corrected chi connectivity index (χ4v) is 3.04. The normalized spacial score (nSPS) is 12.8. The Balaban J connectivity index is 1.96. The predicted octanol–water partition coefficient (Wildman–Crippen LogP) is 2.74. The van der Waals surface area contributed by atoms with E-state index in [9.17, 15) is 4.79 Å². The van der Waals surface area contributed by atoms with Gasteiger partial charge < -0.3 is 10.3 Å². The zero-order valence-electron chi connectivity index (χ0n) is 9.03. The van der Waals surface area contributed by atoms with Gasteiger partial charge in [-0.3, -0.25) is 4.79 Å². The van der Waals surface area contributed by atoms with Crippen molar-refractivity contribution in [2.75, 3.05) is 0 Å². The maximum Gasteiger partial charge on any atom is 0.304 e. The number of aromatic amines is 1. The average molecular weight is 254 g/mol. The molecular weight excluding hydrogens is 240 g/mol. The maximum atomic E-state index is 11.0. The van der Waals surface area contributed by atoms with Crippen LogP contribution in [0.25, 0.3) is 0 Å². The summed E-state index contributed by atoms with van der Waals surface area (Å²) in [5.41, 5.74) is 0.963. The summed E-state index contributed by atoms with van der Waals surface area (Å²) >= 11 is 2.98. The van der Waals surface area contributed by atoms with Crippen LogP contribution in [-0.2, 0) is 6.54 Å². The molecule has 1 atom stereocenters. The van der Waals surface area contributed by atoms with E-state index in [0.717, 1.165) is 18.7 Å². The van der Waals surface area contributed by atoms with Gasteiger partial charge in [-0.05, 0) is 17.9 Å². The second kappa shape index (κ2) is 5.43. The molecule has 0 saturated heterocycles. The highest BCUT2D eigenvalue weighted by Gasteiger charge is 2.09. The summed E-state index contributed by atoms with van der Waals surface area (Å²) < 4.78 is 0. The van der Waals surface area contributed by atoms with Crippen molar-refractivity contribution in [2.24, 2.45) is 0 Å². The van der Waals surface area contributed by atoms with E-state index in [1.54, 1.807) is 11.3 Å². The van der Waals surface area contributed by atoms with Crippen LogP contribution in [0.4, 0.5) is 0 Å². The topological polar surface area (TPSA) is 44.9 Å². The highest BCUT2D eigenvalue weighted by atomic mass is 32.1. The van der Waals surface area contributed by atoms with Gasteiger partial charge in [-0.2, -0.15) is 0 Å². The molecule has 0 aliphatic carbocycles. The minimum atomic E-state index is 0.0148. The van der Waals surface area contributed by atoms with Gasteiger partial charge in [0.1, 0.15) is 0 Å². The van der Waals surface area contributed by atoms with Gasteiger partial charge in [-0.1, -0.05) is 24.3 Å². The SMILES string of the molecule is CCC(NCc1csc(=O)[nH]1)c1cccs1. The molecule has 2 aromatic heterocycles. The molecule has 2 aromatic rings. The average Bonchev–Trinajstić information content (AvgIpc) is 2.91. The number of hydrogen-bond acceptors (Lipinski definition) is 4. The number of H-pyrrole nitrogens is 1. The van der Waals surface area contributed by atoms with Crippen LogP contribution < -0.4 is 10.2 Å². The summed E-state index contributed by atoms with van der Waals surface area (Å²) in [5.74, 6) is 0. The Hall–Kier alpha value is -0.910. The minimum absolute atomic E-state index is 0.0148. The Morgan fingerprint density at radius 3 is 2.94 bits per heavy atom. The van der Waals surface area contributed by atoms with Crippen molar-refractivity contribution in [3.8, 4) is 0 Å². The zero-order valence-corrected chi connectivity index (χ0v) is 10.7. The van der Waals surface area contributed by atoms with Crippen LogP contribution in [0.2, 0.25) is 0 Å². The fraction of sp³-hybridized carbons (Fsp3) is 0.364. The number of aromatic nitrogens is 1. The number of thiazole rings is 1. The lowest BCUT2D eigenvalue weighted by atomic mass is 10.2. The van der Waals surface area contributed by atoms with Crippen LogP contribution in [0.1, 0.15) is 30.0 Å². The molecule has 2 N–H and O–H groups in total. The van der Waals surface area contributed by atoms with E-state index in [-0.39, 0.29) is 4.87 Å². The Morgan fingerprint density at radius 2 is 2.38 bits per heavy atom. The number of hydrogen-bond donors (Lipinski definition) is 2. The largest absolute Gasteiger partial charge is 0.315 e. The van der Waals surface area contributed by atoms with Crippen LogP contribution >= 0.6 is 22.7 Å². The van der Waals surface area contributed by atoms with Gasteiger partial charge in [-0.25, -0.2) is 0 Å². The van der Waals surface area contributed by atoms with Gasteiger partial charge in [0.2, 0.25) is 0 Å². The molecule has 16 heavy (non-hydrogen) atoms. The van der Waals surface area contributed by atoms with Crippen molar-refractivity contribution >= 4 is 22.7 Å². The third kappa shape index (κ3) is 2.81. The first-order valence-electron chi connectivity index (χ1n) is 5.23. The predicted molar refractivity (Wildman–Crippen MR) is 69.1 cm³/mol. The van der Waals surface area contributed by atoms with Crippen LogP contribution in [0.15, 0.2) is 27.7 Å². The number of rotatable bonds is 5. The molecule has 0 spiro atoms. The molecular formula is C11H14N2OS2. The third-order valence-electron chi connectivity index (χ3n) is 2.40. The molecule has 0 aliphatic heterocycles. The molecule has 2 rings (SSSR count). The molecule has 86 valence electrons. The van der Waals surface area contributed by atoms with E-state index in [4.69, 9.17) is 0 Å². The zero-order chi connectivity index (χ0) is 11.4. The van der Waals surface area contributed by atoms with E-state index in [1.807, 2.05) is 5.38 Å². The molecule has 0 fully saturated rings. The first-order valence-corrected chi connectivity index (χ1v) is 6.99. The van der Waals surface area contributed by atoms with Gasteiger partial charge in [0.25, 0.3) is 0 Å². The Labute approximate surface area is 102 Å². The Kier molecular flexibility index (Phi) is 3.93. The maximum absolute atomic E-state index is 11.0. The quantitative estimate of drug-likeness (QED) is 0.861. The molecule has 0 bridgehead atoms. The van der Waals surface area contributed by atoms with E-state index in [2.05, 4.69) is 34.7 Å². The van der Waals surface area contributed by atoms with Crippen molar-refractivity contribution in [1.29, 1.82) is 0 Å². The fourth-order valence-electron chi connectivity index (χ4n) is 1.57. The van der Waals surface area contributed by atoms with Crippen molar-refractivity contribution < 1.29 is 0 Å². The molecule has 0 radical (unpaired) electrons. The van der Waals surface area contributed by atoms with Crippen LogP contribution in [0.5, 0.6) is 0 Å². The highest BCUT2D eigenvalue weighted by molar-refractivity contribution is 7.10. The summed E-state index contributed by atoms with van der Waals surface area (Å²) in [7, 11) is 0. The lowest BCUT2D eigenvalue weighted by Crippen LogP contribution is -2.19. The smallest absolute Gasteiger partial charge is 0.304 e. The molecule has 0 saturated carbocycles. The van der Waals surface area contributed by atoms with Gasteiger partial charge in [0.05, 0.1) is 0 Å². The molecule has 5 heteroatoms. The standard InChI is InChI=1S/C11H14N2OS2/c1-2-9(10-4-3-5-15-10)12-6-8-7-16-11(14)13-8/h3-5,7,9,12H,2,6H2,1H3,(H,13,14). The van der Waals surface area contributed by atoms with Gasteiger partial charge in [-0.15, -0.1) is 11.3 Å². The molecule has 2 heterocycles. The number of nitrogens with one attached hydrogen (secondary N) is 2.